The van der Waals surface area contributed by atoms with Crippen molar-refractivity contribution in [3.05, 3.63) is 29.3 Å². The molecule has 0 saturated heterocycles. The largest absolute Gasteiger partial charge is 0.453 e. The molecule has 1 aliphatic heterocycles. The molecule has 18 heavy (non-hydrogen) atoms. The highest BCUT2D eigenvalue weighted by Crippen LogP contribution is 2.25. The third-order valence-corrected chi connectivity index (χ3v) is 3.04. The van der Waals surface area contributed by atoms with Gasteiger partial charge in [-0.2, -0.15) is 0 Å². The molecular formula is C13H18N2O3. The van der Waals surface area contributed by atoms with Gasteiger partial charge in [-0.05, 0) is 23.3 Å². The molecule has 0 bridgehead atoms. The summed E-state index contributed by atoms with van der Waals surface area (Å²) in [6.45, 7) is 3.50. The molecule has 0 aromatic heterocycles. The zero-order valence-corrected chi connectivity index (χ0v) is 10.7. The first kappa shape index (κ1) is 12.9. The van der Waals surface area contributed by atoms with Gasteiger partial charge in [0.15, 0.2) is 0 Å². The molecule has 1 N–H and O–H groups in total. The number of nitrogens with one attached hydrogen (secondary N) is 1. The average Bonchev–Trinajstić information content (AvgIpc) is 2.78. The topological polar surface area (TPSA) is 50.8 Å². The van der Waals surface area contributed by atoms with Gasteiger partial charge in [-0.15, -0.1) is 0 Å². The van der Waals surface area contributed by atoms with Crippen molar-refractivity contribution in [1.29, 1.82) is 0 Å². The molecule has 0 saturated carbocycles. The summed E-state index contributed by atoms with van der Waals surface area (Å²) in [6, 6.07) is 5.95. The van der Waals surface area contributed by atoms with Crippen molar-refractivity contribution in [2.75, 3.05) is 32.7 Å². The van der Waals surface area contributed by atoms with E-state index in [1.165, 1.54) is 18.2 Å². The van der Waals surface area contributed by atoms with E-state index in [1.54, 1.807) is 7.11 Å². The number of methoxy groups -OCH3 is 2. The van der Waals surface area contributed by atoms with Crippen LogP contribution in [0.4, 0.5) is 10.5 Å². The number of nitrogens with zero attached hydrogens (tertiary/aromatic N) is 1. The van der Waals surface area contributed by atoms with Gasteiger partial charge in [-0.1, -0.05) is 6.07 Å². The SMILES string of the molecule is COCCN1Cc2ccc(NC(=O)OC)cc2C1. The molecule has 0 aliphatic carbocycles. The number of hydrogen-bond acceptors (Lipinski definition) is 4. The Bertz CT molecular complexity index is 434. The molecule has 0 spiro atoms. The fourth-order valence-electron chi connectivity index (χ4n) is 2.09. The van der Waals surface area contributed by atoms with Crippen molar-refractivity contribution in [2.45, 2.75) is 13.1 Å². The molecule has 5 heteroatoms. The summed E-state index contributed by atoms with van der Waals surface area (Å²) in [5.41, 5.74) is 3.33. The number of carbonyl (C=O) groups excluding carboxylic acids is 1. The average molecular weight is 250 g/mol. The maximum Gasteiger partial charge on any atom is 0.411 e. The molecule has 98 valence electrons. The Morgan fingerprint density at radius 2 is 2.11 bits per heavy atom. The number of ether oxygens (including phenoxy) is 2. The van der Waals surface area contributed by atoms with Crippen molar-refractivity contribution in [2.24, 2.45) is 0 Å². The molecule has 2 rings (SSSR count). The summed E-state index contributed by atoms with van der Waals surface area (Å²) >= 11 is 0. The summed E-state index contributed by atoms with van der Waals surface area (Å²) in [5.74, 6) is 0. The van der Waals surface area contributed by atoms with Gasteiger partial charge in [0.05, 0.1) is 13.7 Å². The first-order chi connectivity index (χ1) is 8.72. The van der Waals surface area contributed by atoms with E-state index in [9.17, 15) is 4.79 Å². The van der Waals surface area contributed by atoms with Gasteiger partial charge in [0, 0.05) is 32.4 Å². The minimum atomic E-state index is -0.441. The summed E-state index contributed by atoms with van der Waals surface area (Å²) in [5, 5.41) is 2.67. The van der Waals surface area contributed by atoms with Crippen LogP contribution >= 0.6 is 0 Å². The molecule has 0 fully saturated rings. The Kier molecular flexibility index (Phi) is 4.17. The number of anilines is 1. The Hall–Kier alpha value is -1.59. The summed E-state index contributed by atoms with van der Waals surface area (Å²) in [7, 11) is 3.07. The smallest absolute Gasteiger partial charge is 0.411 e. The van der Waals surface area contributed by atoms with E-state index in [4.69, 9.17) is 4.74 Å². The number of hydrogen-bond donors (Lipinski definition) is 1. The van der Waals surface area contributed by atoms with E-state index < -0.39 is 6.09 Å². The fourth-order valence-corrected chi connectivity index (χ4v) is 2.09. The quantitative estimate of drug-likeness (QED) is 0.885. The first-order valence-electron chi connectivity index (χ1n) is 5.91. The predicted molar refractivity (Wildman–Crippen MR) is 68.5 cm³/mol. The Morgan fingerprint density at radius 1 is 1.33 bits per heavy atom. The van der Waals surface area contributed by atoms with Crippen LogP contribution in [0.3, 0.4) is 0 Å². The lowest BCUT2D eigenvalue weighted by Gasteiger charge is -2.13. The monoisotopic (exact) mass is 250 g/mol. The van der Waals surface area contributed by atoms with Crippen molar-refractivity contribution in [3.63, 3.8) is 0 Å². The third kappa shape index (κ3) is 3.00. The van der Waals surface area contributed by atoms with Crippen LogP contribution < -0.4 is 5.32 Å². The number of amides is 1. The van der Waals surface area contributed by atoms with Crippen LogP contribution in [-0.4, -0.2) is 38.4 Å². The highest BCUT2D eigenvalue weighted by Gasteiger charge is 2.18. The lowest BCUT2D eigenvalue weighted by molar-refractivity contribution is 0.147. The van der Waals surface area contributed by atoms with Gasteiger partial charge in [0.2, 0.25) is 0 Å². The molecule has 1 aromatic rings. The molecule has 0 unspecified atom stereocenters. The minimum Gasteiger partial charge on any atom is -0.453 e. The molecule has 5 nitrogen and oxygen atoms in total. The van der Waals surface area contributed by atoms with Crippen LogP contribution in [0.1, 0.15) is 11.1 Å². The van der Waals surface area contributed by atoms with Crippen molar-refractivity contribution < 1.29 is 14.3 Å². The highest BCUT2D eigenvalue weighted by molar-refractivity contribution is 5.84. The Balaban J connectivity index is 2.00. The van der Waals surface area contributed by atoms with Gasteiger partial charge in [-0.3, -0.25) is 10.2 Å². The number of fused-ring (bicyclic) bond motifs is 1. The zero-order chi connectivity index (χ0) is 13.0. The third-order valence-electron chi connectivity index (χ3n) is 3.04. The summed E-state index contributed by atoms with van der Waals surface area (Å²) in [4.78, 5) is 13.4. The molecule has 0 atom stereocenters. The lowest BCUT2D eigenvalue weighted by Crippen LogP contribution is -2.21. The summed E-state index contributed by atoms with van der Waals surface area (Å²) in [6.07, 6.45) is -0.441. The van der Waals surface area contributed by atoms with Crippen molar-refractivity contribution >= 4 is 11.8 Å². The molecular weight excluding hydrogens is 232 g/mol. The second-order valence-electron chi connectivity index (χ2n) is 4.30. The van der Waals surface area contributed by atoms with Gasteiger partial charge in [-0.25, -0.2) is 4.79 Å². The lowest BCUT2D eigenvalue weighted by atomic mass is 10.1. The highest BCUT2D eigenvalue weighted by atomic mass is 16.5. The van der Waals surface area contributed by atoms with E-state index in [2.05, 4.69) is 15.0 Å². The van der Waals surface area contributed by atoms with Crippen LogP contribution in [0.5, 0.6) is 0 Å². The van der Waals surface area contributed by atoms with Crippen LogP contribution in [0.25, 0.3) is 0 Å². The standard InChI is InChI=1S/C13H18N2O3/c1-17-6-5-15-8-10-3-4-12(7-11(10)9-15)14-13(16)18-2/h3-4,7H,5-6,8-9H2,1-2H3,(H,14,16). The maximum absolute atomic E-state index is 11.1. The van der Waals surface area contributed by atoms with Gasteiger partial charge in [0.25, 0.3) is 0 Å². The van der Waals surface area contributed by atoms with Crippen LogP contribution in [-0.2, 0) is 22.6 Å². The van der Waals surface area contributed by atoms with Gasteiger partial charge < -0.3 is 9.47 Å². The van der Waals surface area contributed by atoms with E-state index in [0.717, 1.165) is 31.9 Å². The van der Waals surface area contributed by atoms with E-state index >= 15 is 0 Å². The van der Waals surface area contributed by atoms with E-state index in [0.29, 0.717) is 0 Å². The second kappa shape index (κ2) is 5.84. The number of rotatable bonds is 4. The molecule has 1 aromatic carbocycles. The van der Waals surface area contributed by atoms with Gasteiger partial charge in [0.1, 0.15) is 0 Å². The second-order valence-corrected chi connectivity index (χ2v) is 4.30. The zero-order valence-electron chi connectivity index (χ0n) is 10.7. The molecule has 1 amide bonds. The Morgan fingerprint density at radius 3 is 2.83 bits per heavy atom. The van der Waals surface area contributed by atoms with Crippen LogP contribution in [0.2, 0.25) is 0 Å². The van der Waals surface area contributed by atoms with Crippen molar-refractivity contribution in [1.82, 2.24) is 4.90 Å². The molecule has 1 heterocycles. The van der Waals surface area contributed by atoms with E-state index in [1.807, 2.05) is 18.2 Å². The van der Waals surface area contributed by atoms with E-state index in [-0.39, 0.29) is 0 Å². The number of benzene rings is 1. The fraction of sp³-hybridized carbons (Fsp3) is 0.462. The number of carbonyl (C=O) groups is 1. The summed E-state index contributed by atoms with van der Waals surface area (Å²) < 4.78 is 9.65. The Labute approximate surface area is 107 Å². The van der Waals surface area contributed by atoms with Gasteiger partial charge >= 0.3 is 6.09 Å². The maximum atomic E-state index is 11.1. The first-order valence-corrected chi connectivity index (χ1v) is 5.91. The predicted octanol–water partition coefficient (Wildman–Crippen LogP) is 1.83. The van der Waals surface area contributed by atoms with Crippen LogP contribution in [0.15, 0.2) is 18.2 Å². The normalized spacial score (nSPS) is 14.3. The van der Waals surface area contributed by atoms with Crippen molar-refractivity contribution in [3.8, 4) is 0 Å². The molecule has 0 radical (unpaired) electrons. The van der Waals surface area contributed by atoms with Crippen LogP contribution in [0, 0.1) is 0 Å². The minimum absolute atomic E-state index is 0.441. The molecule has 1 aliphatic rings.